The van der Waals surface area contributed by atoms with E-state index in [2.05, 4.69) is 29.2 Å². The van der Waals surface area contributed by atoms with Crippen LogP contribution in [-0.4, -0.2) is 52.9 Å². The summed E-state index contributed by atoms with van der Waals surface area (Å²) in [4.78, 5) is 15.7. The molecule has 0 spiro atoms. The van der Waals surface area contributed by atoms with Crippen LogP contribution in [0.25, 0.3) is 0 Å². The lowest BCUT2D eigenvalue weighted by Gasteiger charge is -2.41. The van der Waals surface area contributed by atoms with Crippen molar-refractivity contribution in [3.63, 3.8) is 0 Å². The van der Waals surface area contributed by atoms with Gasteiger partial charge in [-0.3, -0.25) is 14.5 Å². The summed E-state index contributed by atoms with van der Waals surface area (Å²) >= 11 is 0. The minimum absolute atomic E-state index is 0.0213. The maximum atomic E-state index is 11.5. The monoisotopic (exact) mass is 249 g/mol. The molecule has 1 aromatic heterocycles. The van der Waals surface area contributed by atoms with Crippen LogP contribution in [0.5, 0.6) is 0 Å². The summed E-state index contributed by atoms with van der Waals surface area (Å²) in [5.74, 6) is 0. The van der Waals surface area contributed by atoms with E-state index in [1.807, 2.05) is 10.9 Å². The standard InChI is InChI=1S/C12H19N5O/c1-9(2)15-6-11(7-15)17-8-10(5-14-17)16-4-3-13-12(16)18/h5,8-9,11H,3-4,6-7H2,1-2H3,(H,13,18). The van der Waals surface area contributed by atoms with Crippen molar-refractivity contribution in [1.82, 2.24) is 20.0 Å². The van der Waals surface area contributed by atoms with E-state index in [9.17, 15) is 4.79 Å². The number of amides is 2. The number of carbonyl (C=O) groups is 1. The Morgan fingerprint density at radius 2 is 2.22 bits per heavy atom. The summed E-state index contributed by atoms with van der Waals surface area (Å²) < 4.78 is 1.99. The van der Waals surface area contributed by atoms with Crippen LogP contribution >= 0.6 is 0 Å². The third-order valence-corrected chi connectivity index (χ3v) is 3.75. The average molecular weight is 249 g/mol. The molecular formula is C12H19N5O. The summed E-state index contributed by atoms with van der Waals surface area (Å²) in [5.41, 5.74) is 0.896. The van der Waals surface area contributed by atoms with E-state index in [1.54, 1.807) is 11.1 Å². The quantitative estimate of drug-likeness (QED) is 0.857. The number of urea groups is 1. The fourth-order valence-electron chi connectivity index (χ4n) is 2.46. The van der Waals surface area contributed by atoms with Crippen LogP contribution in [0.2, 0.25) is 0 Å². The number of rotatable bonds is 3. The van der Waals surface area contributed by atoms with E-state index in [0.717, 1.165) is 25.3 Å². The van der Waals surface area contributed by atoms with E-state index in [4.69, 9.17) is 0 Å². The van der Waals surface area contributed by atoms with Gasteiger partial charge in [0.2, 0.25) is 0 Å². The molecule has 18 heavy (non-hydrogen) atoms. The normalized spacial score (nSPS) is 21.5. The van der Waals surface area contributed by atoms with Gasteiger partial charge in [-0.05, 0) is 13.8 Å². The van der Waals surface area contributed by atoms with Crippen molar-refractivity contribution < 1.29 is 4.79 Å². The van der Waals surface area contributed by atoms with Crippen LogP contribution in [-0.2, 0) is 0 Å². The lowest BCUT2D eigenvalue weighted by atomic mass is 10.1. The number of anilines is 1. The molecule has 2 saturated heterocycles. The molecule has 0 saturated carbocycles. The lowest BCUT2D eigenvalue weighted by Crippen LogP contribution is -2.51. The molecule has 6 heteroatoms. The number of hydrogen-bond acceptors (Lipinski definition) is 3. The molecule has 0 aliphatic carbocycles. The van der Waals surface area contributed by atoms with Gasteiger partial charge < -0.3 is 5.32 Å². The molecule has 0 bridgehead atoms. The highest BCUT2D eigenvalue weighted by molar-refractivity contribution is 5.93. The molecule has 6 nitrogen and oxygen atoms in total. The molecule has 0 radical (unpaired) electrons. The first-order valence-electron chi connectivity index (χ1n) is 6.48. The van der Waals surface area contributed by atoms with Gasteiger partial charge in [0.15, 0.2) is 0 Å². The number of nitrogens with one attached hydrogen (secondary N) is 1. The van der Waals surface area contributed by atoms with Crippen molar-refractivity contribution in [2.24, 2.45) is 0 Å². The summed E-state index contributed by atoms with van der Waals surface area (Å²) in [6.45, 7) is 7.95. The van der Waals surface area contributed by atoms with Crippen molar-refractivity contribution in [2.75, 3.05) is 31.1 Å². The molecule has 3 heterocycles. The van der Waals surface area contributed by atoms with Crippen molar-refractivity contribution in [2.45, 2.75) is 25.9 Å². The number of nitrogens with zero attached hydrogens (tertiary/aromatic N) is 4. The van der Waals surface area contributed by atoms with Crippen LogP contribution < -0.4 is 10.2 Å². The smallest absolute Gasteiger partial charge is 0.322 e. The summed E-state index contributed by atoms with van der Waals surface area (Å²) in [6.07, 6.45) is 3.76. The average Bonchev–Trinajstić information content (AvgIpc) is 2.83. The number of carbonyl (C=O) groups excluding carboxylic acids is 1. The Bertz CT molecular complexity index is 449. The Kier molecular flexibility index (Phi) is 2.74. The highest BCUT2D eigenvalue weighted by atomic mass is 16.2. The maximum absolute atomic E-state index is 11.5. The predicted molar refractivity (Wildman–Crippen MR) is 68.7 cm³/mol. The Labute approximate surface area is 107 Å². The molecule has 0 atom stereocenters. The zero-order chi connectivity index (χ0) is 12.7. The molecule has 0 aromatic carbocycles. The van der Waals surface area contributed by atoms with Crippen LogP contribution in [0, 0.1) is 0 Å². The van der Waals surface area contributed by atoms with Gasteiger partial charge in [0.25, 0.3) is 0 Å². The van der Waals surface area contributed by atoms with Gasteiger partial charge in [-0.15, -0.1) is 0 Å². The highest BCUT2D eigenvalue weighted by Crippen LogP contribution is 2.25. The third-order valence-electron chi connectivity index (χ3n) is 3.75. The number of hydrogen-bond donors (Lipinski definition) is 1. The van der Waals surface area contributed by atoms with Crippen molar-refractivity contribution in [3.8, 4) is 0 Å². The van der Waals surface area contributed by atoms with Gasteiger partial charge in [-0.25, -0.2) is 4.79 Å². The molecule has 98 valence electrons. The van der Waals surface area contributed by atoms with Crippen molar-refractivity contribution in [1.29, 1.82) is 0 Å². The minimum Gasteiger partial charge on any atom is -0.336 e. The van der Waals surface area contributed by atoms with Gasteiger partial charge in [0.1, 0.15) is 0 Å². The molecule has 1 aromatic rings. The van der Waals surface area contributed by atoms with E-state index in [1.165, 1.54) is 0 Å². The second-order valence-electron chi connectivity index (χ2n) is 5.26. The second-order valence-corrected chi connectivity index (χ2v) is 5.26. The maximum Gasteiger partial charge on any atom is 0.322 e. The Morgan fingerprint density at radius 1 is 1.44 bits per heavy atom. The first-order chi connectivity index (χ1) is 8.65. The van der Waals surface area contributed by atoms with Crippen LogP contribution in [0.4, 0.5) is 10.5 Å². The van der Waals surface area contributed by atoms with Gasteiger partial charge >= 0.3 is 6.03 Å². The van der Waals surface area contributed by atoms with Gasteiger partial charge in [-0.2, -0.15) is 5.10 Å². The molecule has 1 N–H and O–H groups in total. The van der Waals surface area contributed by atoms with Crippen molar-refractivity contribution >= 4 is 11.7 Å². The summed E-state index contributed by atoms with van der Waals surface area (Å²) in [7, 11) is 0. The molecule has 2 aliphatic rings. The minimum atomic E-state index is -0.0213. The van der Waals surface area contributed by atoms with Crippen LogP contribution in [0.15, 0.2) is 12.4 Å². The van der Waals surface area contributed by atoms with Gasteiger partial charge in [-0.1, -0.05) is 0 Å². The number of aromatic nitrogens is 2. The zero-order valence-corrected chi connectivity index (χ0v) is 10.8. The predicted octanol–water partition coefficient (Wildman–Crippen LogP) is 0.678. The summed E-state index contributed by atoms with van der Waals surface area (Å²) in [5, 5.41) is 7.18. The largest absolute Gasteiger partial charge is 0.336 e. The molecule has 2 fully saturated rings. The van der Waals surface area contributed by atoms with Crippen LogP contribution in [0.3, 0.4) is 0 Å². The number of likely N-dealkylation sites (tertiary alicyclic amines) is 1. The Hall–Kier alpha value is -1.56. The highest BCUT2D eigenvalue weighted by Gasteiger charge is 2.31. The lowest BCUT2D eigenvalue weighted by molar-refractivity contribution is 0.0675. The van der Waals surface area contributed by atoms with E-state index < -0.39 is 0 Å². The van der Waals surface area contributed by atoms with E-state index in [0.29, 0.717) is 18.6 Å². The molecule has 2 amide bonds. The molecule has 2 aliphatic heterocycles. The SMILES string of the molecule is CC(C)N1CC(n2cc(N3CCNC3=O)cn2)C1. The first-order valence-corrected chi connectivity index (χ1v) is 6.48. The molecule has 0 unspecified atom stereocenters. The van der Waals surface area contributed by atoms with E-state index >= 15 is 0 Å². The van der Waals surface area contributed by atoms with E-state index in [-0.39, 0.29) is 6.03 Å². The van der Waals surface area contributed by atoms with Gasteiger partial charge in [0, 0.05) is 38.4 Å². The molecule has 3 rings (SSSR count). The first kappa shape index (κ1) is 11.5. The fourth-order valence-corrected chi connectivity index (χ4v) is 2.46. The van der Waals surface area contributed by atoms with Crippen LogP contribution in [0.1, 0.15) is 19.9 Å². The topological polar surface area (TPSA) is 53.4 Å². The van der Waals surface area contributed by atoms with Crippen molar-refractivity contribution in [3.05, 3.63) is 12.4 Å². The molecular weight excluding hydrogens is 230 g/mol. The fraction of sp³-hybridized carbons (Fsp3) is 0.667. The third kappa shape index (κ3) is 1.86. The summed E-state index contributed by atoms with van der Waals surface area (Å²) in [6, 6.07) is 1.03. The second kappa shape index (κ2) is 4.28. The Morgan fingerprint density at radius 3 is 2.83 bits per heavy atom. The Balaban J connectivity index is 1.66. The van der Waals surface area contributed by atoms with Gasteiger partial charge in [0.05, 0.1) is 17.9 Å². The zero-order valence-electron chi connectivity index (χ0n) is 10.8.